The Kier molecular flexibility index (Phi) is 4.24. The van der Waals surface area contributed by atoms with Crippen molar-refractivity contribution >= 4 is 17.6 Å². The van der Waals surface area contributed by atoms with Gasteiger partial charge in [-0.3, -0.25) is 4.79 Å². The molecule has 0 radical (unpaired) electrons. The Balaban J connectivity index is 2.18. The fraction of sp³-hybridized carbons (Fsp3) is 0.286. The van der Waals surface area contributed by atoms with E-state index in [4.69, 9.17) is 4.74 Å². The lowest BCUT2D eigenvalue weighted by Gasteiger charge is -2.13. The summed E-state index contributed by atoms with van der Waals surface area (Å²) >= 11 is 0. The normalized spacial score (nSPS) is 13.8. The van der Waals surface area contributed by atoms with Crippen LogP contribution >= 0.6 is 0 Å². The Morgan fingerprint density at radius 3 is 3.10 bits per heavy atom. The molecule has 6 nitrogen and oxygen atoms in total. The van der Waals surface area contributed by atoms with Crippen LogP contribution in [0.15, 0.2) is 30.9 Å². The zero-order valence-corrected chi connectivity index (χ0v) is 11.3. The van der Waals surface area contributed by atoms with Crippen LogP contribution in [0.1, 0.15) is 10.4 Å². The number of benzene rings is 1. The van der Waals surface area contributed by atoms with E-state index >= 15 is 0 Å². The molecular weight excluding hydrogens is 258 g/mol. The fourth-order valence-corrected chi connectivity index (χ4v) is 1.84. The molecule has 2 rings (SSSR count). The van der Waals surface area contributed by atoms with Gasteiger partial charge in [0.05, 0.1) is 12.1 Å². The number of likely N-dealkylation sites (N-methyl/N-ethyl adjacent to an activating group) is 1. The molecule has 0 bridgehead atoms. The first kappa shape index (κ1) is 13.9. The second-order valence-corrected chi connectivity index (χ2v) is 4.41. The summed E-state index contributed by atoms with van der Waals surface area (Å²) in [5, 5.41) is 5.26. The Morgan fingerprint density at radius 1 is 1.55 bits per heavy atom. The minimum Gasteiger partial charge on any atom is -0.491 e. The molecule has 20 heavy (non-hydrogen) atoms. The van der Waals surface area contributed by atoms with Crippen molar-refractivity contribution in [2.75, 3.05) is 32.1 Å². The van der Waals surface area contributed by atoms with Crippen LogP contribution < -0.4 is 15.4 Å². The Bertz CT molecular complexity index is 542. The van der Waals surface area contributed by atoms with Gasteiger partial charge in [0, 0.05) is 19.3 Å². The highest BCUT2D eigenvalue weighted by Crippen LogP contribution is 2.25. The number of urea groups is 1. The Morgan fingerprint density at radius 2 is 2.35 bits per heavy atom. The van der Waals surface area contributed by atoms with Crippen LogP contribution in [0, 0.1) is 0 Å². The number of anilines is 1. The summed E-state index contributed by atoms with van der Waals surface area (Å²) in [4.78, 5) is 25.3. The molecule has 2 N–H and O–H groups in total. The van der Waals surface area contributed by atoms with Crippen LogP contribution in [0.2, 0.25) is 0 Å². The number of rotatable bonds is 3. The van der Waals surface area contributed by atoms with E-state index in [2.05, 4.69) is 17.2 Å². The van der Waals surface area contributed by atoms with Gasteiger partial charge < -0.3 is 20.3 Å². The van der Waals surface area contributed by atoms with Crippen molar-refractivity contribution in [1.29, 1.82) is 0 Å². The second kappa shape index (κ2) is 6.10. The van der Waals surface area contributed by atoms with Gasteiger partial charge in [-0.1, -0.05) is 6.08 Å². The van der Waals surface area contributed by atoms with Crippen LogP contribution in [0.25, 0.3) is 0 Å². The number of nitrogens with one attached hydrogen (secondary N) is 2. The maximum Gasteiger partial charge on any atom is 0.319 e. The van der Waals surface area contributed by atoms with Gasteiger partial charge in [-0.15, -0.1) is 6.58 Å². The molecule has 0 saturated heterocycles. The van der Waals surface area contributed by atoms with Crippen LogP contribution in [0.5, 0.6) is 5.75 Å². The van der Waals surface area contributed by atoms with Crippen molar-refractivity contribution < 1.29 is 14.3 Å². The van der Waals surface area contributed by atoms with E-state index in [1.807, 2.05) is 0 Å². The largest absolute Gasteiger partial charge is 0.491 e. The van der Waals surface area contributed by atoms with Gasteiger partial charge in [0.25, 0.3) is 5.91 Å². The molecule has 1 aliphatic heterocycles. The SMILES string of the molecule is C=CCNC(=O)Nc1ccc2c(c1)C(=O)N(C)CCO2. The van der Waals surface area contributed by atoms with Gasteiger partial charge in [0.2, 0.25) is 0 Å². The number of ether oxygens (including phenoxy) is 1. The van der Waals surface area contributed by atoms with E-state index in [9.17, 15) is 9.59 Å². The predicted octanol–water partition coefficient (Wildman–Crippen LogP) is 1.46. The molecule has 0 fully saturated rings. The molecule has 0 atom stereocenters. The standard InChI is InChI=1S/C14H17N3O3/c1-3-6-15-14(19)16-10-4-5-12-11(9-10)13(18)17(2)7-8-20-12/h3-5,9H,1,6-8H2,2H3,(H2,15,16,19). The molecule has 1 aromatic rings. The second-order valence-electron chi connectivity index (χ2n) is 4.41. The molecule has 3 amide bonds. The first-order valence-electron chi connectivity index (χ1n) is 6.30. The number of carbonyl (C=O) groups is 2. The molecule has 0 saturated carbocycles. The fourth-order valence-electron chi connectivity index (χ4n) is 1.84. The van der Waals surface area contributed by atoms with Crippen molar-refractivity contribution in [3.05, 3.63) is 36.4 Å². The van der Waals surface area contributed by atoms with Crippen molar-refractivity contribution in [3.63, 3.8) is 0 Å². The summed E-state index contributed by atoms with van der Waals surface area (Å²) in [5.41, 5.74) is 0.990. The molecule has 0 aromatic heterocycles. The third-order valence-electron chi connectivity index (χ3n) is 2.91. The molecule has 106 valence electrons. The Hall–Kier alpha value is -2.50. The summed E-state index contributed by atoms with van der Waals surface area (Å²) < 4.78 is 5.51. The quantitative estimate of drug-likeness (QED) is 0.820. The first-order chi connectivity index (χ1) is 9.61. The van der Waals surface area contributed by atoms with Gasteiger partial charge >= 0.3 is 6.03 Å². The van der Waals surface area contributed by atoms with E-state index in [0.717, 1.165) is 0 Å². The summed E-state index contributed by atoms with van der Waals surface area (Å²) in [6.45, 7) is 4.89. The smallest absolute Gasteiger partial charge is 0.319 e. The highest BCUT2D eigenvalue weighted by atomic mass is 16.5. The van der Waals surface area contributed by atoms with Crippen molar-refractivity contribution in [2.45, 2.75) is 0 Å². The molecule has 0 unspecified atom stereocenters. The molecule has 0 aliphatic carbocycles. The maximum atomic E-state index is 12.2. The third-order valence-corrected chi connectivity index (χ3v) is 2.91. The molecular formula is C14H17N3O3. The summed E-state index contributed by atoms with van der Waals surface area (Å²) in [6, 6.07) is 4.66. The average Bonchev–Trinajstić information content (AvgIpc) is 2.57. The monoisotopic (exact) mass is 275 g/mol. The zero-order valence-electron chi connectivity index (χ0n) is 11.3. The highest BCUT2D eigenvalue weighted by Gasteiger charge is 2.21. The number of nitrogens with zero attached hydrogens (tertiary/aromatic N) is 1. The van der Waals surface area contributed by atoms with E-state index in [-0.39, 0.29) is 11.9 Å². The molecule has 1 aromatic carbocycles. The zero-order chi connectivity index (χ0) is 14.5. The van der Waals surface area contributed by atoms with E-state index in [1.165, 1.54) is 0 Å². The van der Waals surface area contributed by atoms with Crippen LogP contribution in [0.3, 0.4) is 0 Å². The number of hydrogen-bond donors (Lipinski definition) is 2. The lowest BCUT2D eigenvalue weighted by atomic mass is 10.1. The lowest BCUT2D eigenvalue weighted by molar-refractivity contribution is 0.0796. The van der Waals surface area contributed by atoms with Crippen molar-refractivity contribution in [3.8, 4) is 5.75 Å². The van der Waals surface area contributed by atoms with Crippen LogP contribution in [-0.4, -0.2) is 43.6 Å². The highest BCUT2D eigenvalue weighted by molar-refractivity contribution is 5.99. The molecule has 1 aliphatic rings. The first-order valence-corrected chi connectivity index (χ1v) is 6.30. The van der Waals surface area contributed by atoms with E-state index < -0.39 is 0 Å². The molecule has 6 heteroatoms. The van der Waals surface area contributed by atoms with Gasteiger partial charge in [-0.05, 0) is 18.2 Å². The minimum atomic E-state index is -0.347. The van der Waals surface area contributed by atoms with Gasteiger partial charge in [-0.2, -0.15) is 0 Å². The summed E-state index contributed by atoms with van der Waals surface area (Å²) in [5.74, 6) is 0.420. The topological polar surface area (TPSA) is 70.7 Å². The average molecular weight is 275 g/mol. The number of amides is 3. The number of fused-ring (bicyclic) bond motifs is 1. The molecule has 0 spiro atoms. The third kappa shape index (κ3) is 3.09. The molecule has 1 heterocycles. The van der Waals surface area contributed by atoms with Gasteiger partial charge in [0.1, 0.15) is 12.4 Å². The summed E-state index contributed by atoms with van der Waals surface area (Å²) in [6.07, 6.45) is 1.59. The van der Waals surface area contributed by atoms with Gasteiger partial charge in [-0.25, -0.2) is 4.79 Å². The summed E-state index contributed by atoms with van der Waals surface area (Å²) in [7, 11) is 1.72. The van der Waals surface area contributed by atoms with E-state index in [1.54, 1.807) is 36.2 Å². The number of hydrogen-bond acceptors (Lipinski definition) is 3. The van der Waals surface area contributed by atoms with Crippen LogP contribution in [-0.2, 0) is 0 Å². The van der Waals surface area contributed by atoms with Crippen LogP contribution in [0.4, 0.5) is 10.5 Å². The van der Waals surface area contributed by atoms with E-state index in [0.29, 0.717) is 36.7 Å². The van der Waals surface area contributed by atoms with Crippen molar-refractivity contribution in [1.82, 2.24) is 10.2 Å². The lowest BCUT2D eigenvalue weighted by Crippen LogP contribution is -2.29. The minimum absolute atomic E-state index is 0.118. The maximum absolute atomic E-state index is 12.2. The number of carbonyl (C=O) groups excluding carboxylic acids is 2. The van der Waals surface area contributed by atoms with Crippen molar-refractivity contribution in [2.24, 2.45) is 0 Å². The predicted molar refractivity (Wildman–Crippen MR) is 76.1 cm³/mol. The Labute approximate surface area is 117 Å². The van der Waals surface area contributed by atoms with Gasteiger partial charge in [0.15, 0.2) is 0 Å².